The molecule has 1 aromatic rings. The molecule has 21 heavy (non-hydrogen) atoms. The highest BCUT2D eigenvalue weighted by Crippen LogP contribution is 2.33. The first-order valence-electron chi connectivity index (χ1n) is 7.74. The maximum absolute atomic E-state index is 6.19. The van der Waals surface area contributed by atoms with Gasteiger partial charge in [0, 0.05) is 26.2 Å². The first kappa shape index (κ1) is 14.8. The highest BCUT2D eigenvalue weighted by atomic mass is 35.5. The van der Waals surface area contributed by atoms with E-state index in [1.807, 2.05) is 0 Å². The van der Waals surface area contributed by atoms with E-state index >= 15 is 0 Å². The highest BCUT2D eigenvalue weighted by molar-refractivity contribution is 6.22. The van der Waals surface area contributed by atoms with Gasteiger partial charge in [-0.15, -0.1) is 11.6 Å². The molecule has 1 heterocycles. The van der Waals surface area contributed by atoms with Gasteiger partial charge in [-0.2, -0.15) is 0 Å². The second kappa shape index (κ2) is 6.78. The van der Waals surface area contributed by atoms with Crippen LogP contribution >= 0.6 is 11.6 Å². The van der Waals surface area contributed by atoms with Gasteiger partial charge in [0.2, 0.25) is 0 Å². The summed E-state index contributed by atoms with van der Waals surface area (Å²) in [4.78, 5) is 5.00. The molecule has 3 heteroatoms. The van der Waals surface area contributed by atoms with Crippen LogP contribution in [-0.2, 0) is 0 Å². The number of nitrogens with zero attached hydrogens (tertiary/aromatic N) is 2. The summed E-state index contributed by atoms with van der Waals surface area (Å²) in [6, 6.07) is 11.2. The first-order valence-corrected chi connectivity index (χ1v) is 8.17. The van der Waals surface area contributed by atoms with Gasteiger partial charge in [-0.1, -0.05) is 48.6 Å². The molecule has 0 saturated carbocycles. The number of alkyl halides is 1. The van der Waals surface area contributed by atoms with Crippen LogP contribution in [0.3, 0.4) is 0 Å². The number of hydrogen-bond acceptors (Lipinski definition) is 2. The molecular formula is C18H23ClN2. The van der Waals surface area contributed by atoms with Gasteiger partial charge in [0.15, 0.2) is 0 Å². The maximum atomic E-state index is 6.19. The zero-order valence-corrected chi connectivity index (χ0v) is 13.3. The van der Waals surface area contributed by atoms with Crippen molar-refractivity contribution in [3.05, 3.63) is 59.7 Å². The predicted molar refractivity (Wildman–Crippen MR) is 89.7 cm³/mol. The molecule has 0 spiro atoms. The van der Waals surface area contributed by atoms with E-state index in [4.69, 9.17) is 11.6 Å². The summed E-state index contributed by atoms with van der Waals surface area (Å²) in [6.07, 6.45) is 7.60. The minimum absolute atomic E-state index is 0.151. The second-order valence-corrected chi connectivity index (χ2v) is 6.53. The summed E-state index contributed by atoms with van der Waals surface area (Å²) in [6.45, 7) is 4.51. The summed E-state index contributed by atoms with van der Waals surface area (Å²) in [5, 5.41) is 0.151. The quantitative estimate of drug-likeness (QED) is 0.789. The highest BCUT2D eigenvalue weighted by Gasteiger charge is 2.26. The number of benzene rings is 1. The van der Waals surface area contributed by atoms with Gasteiger partial charge in [0.25, 0.3) is 0 Å². The summed E-state index contributed by atoms with van der Waals surface area (Å²) in [7, 11) is 2.20. The predicted octanol–water partition coefficient (Wildman–Crippen LogP) is 3.47. The molecule has 2 unspecified atom stereocenters. The molecule has 0 N–H and O–H groups in total. The van der Waals surface area contributed by atoms with E-state index in [1.165, 1.54) is 11.1 Å². The monoisotopic (exact) mass is 302 g/mol. The summed E-state index contributed by atoms with van der Waals surface area (Å²) in [5.41, 5.74) is 2.77. The Hall–Kier alpha value is -1.09. The van der Waals surface area contributed by atoms with Crippen LogP contribution in [0.1, 0.15) is 18.0 Å². The van der Waals surface area contributed by atoms with Gasteiger partial charge in [-0.3, -0.25) is 4.90 Å². The van der Waals surface area contributed by atoms with Crippen LogP contribution in [0.15, 0.2) is 54.1 Å². The largest absolute Gasteiger partial charge is 0.304 e. The second-order valence-electron chi connectivity index (χ2n) is 5.97. The maximum Gasteiger partial charge on any atom is 0.0599 e. The third kappa shape index (κ3) is 3.57. The summed E-state index contributed by atoms with van der Waals surface area (Å²) < 4.78 is 0. The van der Waals surface area contributed by atoms with E-state index in [0.29, 0.717) is 6.04 Å². The Kier molecular flexibility index (Phi) is 4.79. The lowest BCUT2D eigenvalue weighted by Gasteiger charge is -2.39. The van der Waals surface area contributed by atoms with Crippen LogP contribution < -0.4 is 0 Å². The van der Waals surface area contributed by atoms with Crippen LogP contribution in [0, 0.1) is 0 Å². The number of allylic oxidation sites excluding steroid dienone is 2. The SMILES string of the molecule is CN1CCN(C(C2=CCC(Cl)C=C2)c2ccccc2)CC1. The van der Waals surface area contributed by atoms with E-state index < -0.39 is 0 Å². The van der Waals surface area contributed by atoms with Crippen molar-refractivity contribution in [2.24, 2.45) is 0 Å². The molecule has 2 nitrogen and oxygen atoms in total. The molecule has 3 rings (SSSR count). The van der Waals surface area contributed by atoms with Crippen molar-refractivity contribution < 1.29 is 0 Å². The van der Waals surface area contributed by atoms with E-state index in [2.05, 4.69) is 65.4 Å². The molecule has 1 aliphatic carbocycles. The molecule has 0 bridgehead atoms. The molecule has 2 atom stereocenters. The van der Waals surface area contributed by atoms with Crippen molar-refractivity contribution in [3.8, 4) is 0 Å². The molecule has 1 aliphatic heterocycles. The molecule has 112 valence electrons. The average molecular weight is 303 g/mol. The lowest BCUT2D eigenvalue weighted by Crippen LogP contribution is -2.46. The Morgan fingerprint density at radius 1 is 1.10 bits per heavy atom. The normalized spacial score (nSPS) is 25.6. The van der Waals surface area contributed by atoms with Gasteiger partial charge in [0.05, 0.1) is 11.4 Å². The fraction of sp³-hybridized carbons (Fsp3) is 0.444. The fourth-order valence-electron chi connectivity index (χ4n) is 3.14. The van der Waals surface area contributed by atoms with Crippen molar-refractivity contribution in [2.45, 2.75) is 17.8 Å². The molecule has 0 aromatic heterocycles. The van der Waals surface area contributed by atoms with Gasteiger partial charge in [-0.25, -0.2) is 0 Å². The van der Waals surface area contributed by atoms with Gasteiger partial charge in [0.1, 0.15) is 0 Å². The Morgan fingerprint density at radius 3 is 2.43 bits per heavy atom. The van der Waals surface area contributed by atoms with E-state index in [1.54, 1.807) is 0 Å². The summed E-state index contributed by atoms with van der Waals surface area (Å²) >= 11 is 6.19. The van der Waals surface area contributed by atoms with Crippen molar-refractivity contribution in [1.82, 2.24) is 9.80 Å². The van der Waals surface area contributed by atoms with Crippen LogP contribution in [0.25, 0.3) is 0 Å². The molecule has 1 saturated heterocycles. The number of piperazine rings is 1. The van der Waals surface area contributed by atoms with Crippen molar-refractivity contribution in [2.75, 3.05) is 33.2 Å². The third-order valence-corrected chi connectivity index (χ3v) is 4.73. The third-order valence-electron chi connectivity index (χ3n) is 4.41. The lowest BCUT2D eigenvalue weighted by molar-refractivity contribution is 0.127. The first-order chi connectivity index (χ1) is 10.2. The van der Waals surface area contributed by atoms with E-state index in [0.717, 1.165) is 32.6 Å². The van der Waals surface area contributed by atoms with Crippen molar-refractivity contribution in [1.29, 1.82) is 0 Å². The minimum atomic E-state index is 0.151. The van der Waals surface area contributed by atoms with Crippen LogP contribution in [-0.4, -0.2) is 48.4 Å². The van der Waals surface area contributed by atoms with Crippen molar-refractivity contribution >= 4 is 11.6 Å². The van der Waals surface area contributed by atoms with Gasteiger partial charge < -0.3 is 4.90 Å². The van der Waals surface area contributed by atoms with E-state index in [-0.39, 0.29) is 5.38 Å². The van der Waals surface area contributed by atoms with E-state index in [9.17, 15) is 0 Å². The average Bonchev–Trinajstić information content (AvgIpc) is 2.52. The number of likely N-dealkylation sites (N-methyl/N-ethyl adjacent to an activating group) is 1. The standard InChI is InChI=1S/C18H23ClN2/c1-20-11-13-21(14-12-20)18(15-5-3-2-4-6-15)16-7-9-17(19)10-8-16/h2-9,17-18H,10-14H2,1H3. The van der Waals surface area contributed by atoms with Crippen molar-refractivity contribution in [3.63, 3.8) is 0 Å². The smallest absolute Gasteiger partial charge is 0.0599 e. The van der Waals surface area contributed by atoms with Crippen LogP contribution in [0.2, 0.25) is 0 Å². The molecule has 0 radical (unpaired) electrons. The van der Waals surface area contributed by atoms with Crippen LogP contribution in [0.5, 0.6) is 0 Å². The molecular weight excluding hydrogens is 280 g/mol. The Balaban J connectivity index is 1.87. The number of hydrogen-bond donors (Lipinski definition) is 0. The Morgan fingerprint density at radius 2 is 1.81 bits per heavy atom. The lowest BCUT2D eigenvalue weighted by atomic mass is 9.92. The number of rotatable bonds is 3. The number of halogens is 1. The molecule has 2 aliphatic rings. The van der Waals surface area contributed by atoms with Crippen LogP contribution in [0.4, 0.5) is 0 Å². The Labute approximate surface area is 132 Å². The summed E-state index contributed by atoms with van der Waals surface area (Å²) in [5.74, 6) is 0. The van der Waals surface area contributed by atoms with Gasteiger partial charge in [-0.05, 0) is 24.6 Å². The van der Waals surface area contributed by atoms with Gasteiger partial charge >= 0.3 is 0 Å². The zero-order valence-electron chi connectivity index (χ0n) is 12.6. The fourth-order valence-corrected chi connectivity index (χ4v) is 3.30. The zero-order chi connectivity index (χ0) is 14.7. The Bertz CT molecular complexity index is 515. The molecule has 0 amide bonds. The minimum Gasteiger partial charge on any atom is -0.304 e. The molecule has 1 aromatic carbocycles. The topological polar surface area (TPSA) is 6.48 Å². The molecule has 1 fully saturated rings.